The van der Waals surface area contributed by atoms with Gasteiger partial charge in [0.2, 0.25) is 0 Å². The van der Waals surface area contributed by atoms with Crippen LogP contribution in [-0.2, 0) is 3.43 Å². The summed E-state index contributed by atoms with van der Waals surface area (Å²) in [7, 11) is 0. The van der Waals surface area contributed by atoms with Crippen LogP contribution in [0, 0.1) is 17.5 Å². The van der Waals surface area contributed by atoms with Crippen LogP contribution in [0.5, 0.6) is 0 Å². The number of hydrogen-bond acceptors (Lipinski definition) is 0. The molecule has 0 spiro atoms. The Morgan fingerprint density at radius 2 is 1.04 bits per heavy atom. The quantitative estimate of drug-likeness (QED) is 0.430. The summed E-state index contributed by atoms with van der Waals surface area (Å²) in [6.07, 6.45) is 0.811. The van der Waals surface area contributed by atoms with Crippen molar-refractivity contribution in [3.05, 3.63) is 107 Å². The molecule has 26 heavy (non-hydrogen) atoms. The van der Waals surface area contributed by atoms with Crippen molar-refractivity contribution >= 4 is 22.5 Å². The Bertz CT molecular complexity index is 810. The van der Waals surface area contributed by atoms with Crippen LogP contribution in [0.25, 0.3) is 0 Å². The molecule has 0 saturated heterocycles. The normalized spacial score (nSPS) is 12.8. The van der Waals surface area contributed by atoms with E-state index in [0.717, 1.165) is 23.1 Å². The SMILES string of the molecule is CCC(c1ccc(F)cc1)[C]([Sn])(c1ccc(F)cc1)c1ccc(F)cc1. The molecule has 0 N–H and O–H groups in total. The first-order valence-electron chi connectivity index (χ1n) is 8.47. The molecule has 131 valence electrons. The fourth-order valence-electron chi connectivity index (χ4n) is 3.48. The van der Waals surface area contributed by atoms with Crippen molar-refractivity contribution in [1.29, 1.82) is 0 Å². The zero-order valence-electron chi connectivity index (χ0n) is 14.3. The zero-order valence-corrected chi connectivity index (χ0v) is 17.2. The summed E-state index contributed by atoms with van der Waals surface area (Å²) in [5.74, 6) is -0.805. The standard InChI is InChI=1S/C22H18F3.Sn/c1-2-21(15-3-9-18(23)10-4-15)22(16-5-11-19(24)12-6-16)17-7-13-20(25)14-8-17;/h3-14,21H,2H2,1H3;. The second kappa shape index (κ2) is 7.87. The van der Waals surface area contributed by atoms with Crippen LogP contribution in [0.2, 0.25) is 0 Å². The van der Waals surface area contributed by atoms with Crippen molar-refractivity contribution < 1.29 is 13.2 Å². The van der Waals surface area contributed by atoms with E-state index in [1.165, 1.54) is 58.9 Å². The Hall–Kier alpha value is -1.75. The molecule has 0 aliphatic carbocycles. The van der Waals surface area contributed by atoms with Crippen LogP contribution in [0.4, 0.5) is 13.2 Å². The van der Waals surface area contributed by atoms with Gasteiger partial charge in [0, 0.05) is 0 Å². The maximum atomic E-state index is 13.5. The van der Waals surface area contributed by atoms with Gasteiger partial charge in [-0.15, -0.1) is 0 Å². The van der Waals surface area contributed by atoms with E-state index in [-0.39, 0.29) is 23.4 Å². The predicted octanol–water partition coefficient (Wildman–Crippen LogP) is 5.71. The van der Waals surface area contributed by atoms with E-state index in [4.69, 9.17) is 0 Å². The average Bonchev–Trinajstić information content (AvgIpc) is 2.64. The first-order chi connectivity index (χ1) is 12.4. The molecular weight excluding hydrogens is 440 g/mol. The van der Waals surface area contributed by atoms with Gasteiger partial charge in [-0.1, -0.05) is 0 Å². The van der Waals surface area contributed by atoms with E-state index in [0.29, 0.717) is 0 Å². The van der Waals surface area contributed by atoms with Gasteiger partial charge in [0.25, 0.3) is 0 Å². The number of halogens is 3. The molecule has 3 rings (SSSR count). The minimum absolute atomic E-state index is 0.0530. The van der Waals surface area contributed by atoms with Gasteiger partial charge in [0.05, 0.1) is 0 Å². The summed E-state index contributed by atoms with van der Waals surface area (Å²) in [6.45, 7) is 2.08. The Morgan fingerprint density at radius 1 is 0.692 bits per heavy atom. The Labute approximate surface area is 165 Å². The van der Waals surface area contributed by atoms with Gasteiger partial charge in [0.15, 0.2) is 0 Å². The molecule has 0 amide bonds. The Kier molecular flexibility index (Phi) is 5.76. The molecule has 0 saturated carbocycles. The molecule has 4 heteroatoms. The first-order valence-corrected chi connectivity index (χ1v) is 9.90. The van der Waals surface area contributed by atoms with Crippen molar-refractivity contribution in [3.63, 3.8) is 0 Å². The molecule has 3 radical (unpaired) electrons. The molecule has 0 aromatic heterocycles. The van der Waals surface area contributed by atoms with Crippen LogP contribution >= 0.6 is 0 Å². The van der Waals surface area contributed by atoms with Crippen LogP contribution in [0.3, 0.4) is 0 Å². The predicted molar refractivity (Wildman–Crippen MR) is 98.8 cm³/mol. The third-order valence-corrected chi connectivity index (χ3v) is 7.44. The summed E-state index contributed by atoms with van der Waals surface area (Å²) in [5, 5.41) is 0. The van der Waals surface area contributed by atoms with Crippen LogP contribution in [0.15, 0.2) is 72.8 Å². The summed E-state index contributed by atoms with van der Waals surface area (Å²) in [4.78, 5) is 0. The number of benzene rings is 3. The number of hydrogen-bond donors (Lipinski definition) is 0. The molecule has 0 aliphatic rings. The van der Waals surface area contributed by atoms with Crippen molar-refractivity contribution in [3.8, 4) is 0 Å². The molecule has 1 unspecified atom stereocenters. The first kappa shape index (κ1) is 19.0. The maximum absolute atomic E-state index is 13.5. The summed E-state index contributed by atoms with van der Waals surface area (Å²) in [6, 6.07) is 19.5. The van der Waals surface area contributed by atoms with Crippen molar-refractivity contribution in [2.45, 2.75) is 22.7 Å². The molecule has 0 nitrogen and oxygen atoms in total. The fourth-order valence-corrected chi connectivity index (χ4v) is 5.49. The Morgan fingerprint density at radius 3 is 1.38 bits per heavy atom. The third-order valence-electron chi connectivity index (χ3n) is 4.80. The molecule has 0 bridgehead atoms. The molecule has 0 fully saturated rings. The summed E-state index contributed by atoms with van der Waals surface area (Å²) >= 11 is 1.20. The molecular formula is C22H18F3Sn. The van der Waals surface area contributed by atoms with Crippen molar-refractivity contribution in [1.82, 2.24) is 0 Å². The van der Waals surface area contributed by atoms with Crippen LogP contribution in [0.1, 0.15) is 36.0 Å². The molecule has 0 heterocycles. The van der Waals surface area contributed by atoms with Gasteiger partial charge in [-0.25, -0.2) is 0 Å². The molecule has 3 aromatic rings. The van der Waals surface area contributed by atoms with E-state index >= 15 is 0 Å². The van der Waals surface area contributed by atoms with E-state index in [1.54, 1.807) is 36.4 Å². The second-order valence-electron chi connectivity index (χ2n) is 6.33. The van der Waals surface area contributed by atoms with Gasteiger partial charge in [0.1, 0.15) is 0 Å². The summed E-state index contributed by atoms with van der Waals surface area (Å²) in [5.41, 5.74) is 2.96. The van der Waals surface area contributed by atoms with Gasteiger partial charge in [-0.3, -0.25) is 0 Å². The fraction of sp³-hybridized carbons (Fsp3) is 0.182. The molecule has 3 aromatic carbocycles. The van der Waals surface area contributed by atoms with Crippen LogP contribution < -0.4 is 0 Å². The van der Waals surface area contributed by atoms with Gasteiger partial charge in [-0.05, 0) is 0 Å². The second-order valence-corrected chi connectivity index (χ2v) is 8.59. The van der Waals surface area contributed by atoms with E-state index in [9.17, 15) is 13.2 Å². The third kappa shape index (κ3) is 3.68. The van der Waals surface area contributed by atoms with Crippen molar-refractivity contribution in [2.75, 3.05) is 0 Å². The van der Waals surface area contributed by atoms with Crippen molar-refractivity contribution in [2.24, 2.45) is 0 Å². The van der Waals surface area contributed by atoms with E-state index < -0.39 is 3.43 Å². The monoisotopic (exact) mass is 459 g/mol. The number of rotatable bonds is 5. The van der Waals surface area contributed by atoms with Gasteiger partial charge < -0.3 is 0 Å². The summed E-state index contributed by atoms with van der Waals surface area (Å²) < 4.78 is 40.0. The average molecular weight is 458 g/mol. The topological polar surface area (TPSA) is 0 Å². The molecule has 1 atom stereocenters. The molecule has 0 aliphatic heterocycles. The Balaban J connectivity index is 2.19. The van der Waals surface area contributed by atoms with E-state index in [2.05, 4.69) is 6.92 Å². The van der Waals surface area contributed by atoms with Gasteiger partial charge >= 0.3 is 165 Å². The zero-order chi connectivity index (χ0) is 18.7. The minimum atomic E-state index is -0.430. The van der Waals surface area contributed by atoms with Crippen LogP contribution in [-0.4, -0.2) is 22.5 Å². The van der Waals surface area contributed by atoms with E-state index in [1.807, 2.05) is 0 Å². The van der Waals surface area contributed by atoms with Gasteiger partial charge in [-0.2, -0.15) is 0 Å².